The number of ether oxygens (including phenoxy) is 1. The lowest BCUT2D eigenvalue weighted by molar-refractivity contribution is 0.416. The maximum Gasteiger partial charge on any atom is 0.128 e. The van der Waals surface area contributed by atoms with Crippen LogP contribution in [0.5, 0.6) is 5.75 Å². The smallest absolute Gasteiger partial charge is 0.128 e. The van der Waals surface area contributed by atoms with Crippen molar-refractivity contribution < 1.29 is 4.74 Å². The molecule has 0 saturated heterocycles. The minimum Gasteiger partial charge on any atom is -0.496 e. The van der Waals surface area contributed by atoms with Crippen molar-refractivity contribution in [2.75, 3.05) is 7.11 Å². The Labute approximate surface area is 114 Å². The second kappa shape index (κ2) is 6.36. The first-order valence-corrected chi connectivity index (χ1v) is 6.85. The first kappa shape index (κ1) is 13.6. The number of hydrogen-bond acceptors (Lipinski definition) is 3. The lowest BCUT2D eigenvalue weighted by atomic mass is 10.0. The highest BCUT2D eigenvalue weighted by molar-refractivity contribution is 5.67. The normalized spacial score (nSPS) is 10.7. The van der Waals surface area contributed by atoms with Gasteiger partial charge in [-0.2, -0.15) is 0 Å². The molecule has 0 spiro atoms. The molecule has 1 aromatic carbocycles. The predicted molar refractivity (Wildman–Crippen MR) is 76.3 cm³/mol. The third kappa shape index (κ3) is 3.13. The standard InChI is InChI=1S/C15H21N3O/c1-4-6-12-7-8-15(19-3)13(10-12)14-11-18(9-5-2)17-16-14/h7-8,10-11H,4-6,9H2,1-3H3. The molecule has 4 nitrogen and oxygen atoms in total. The van der Waals surface area contributed by atoms with Gasteiger partial charge in [-0.05, 0) is 30.5 Å². The second-order valence-corrected chi connectivity index (χ2v) is 4.65. The molecule has 2 aromatic rings. The summed E-state index contributed by atoms with van der Waals surface area (Å²) in [5.41, 5.74) is 3.21. The Morgan fingerprint density at radius 2 is 2.05 bits per heavy atom. The van der Waals surface area contributed by atoms with Crippen molar-refractivity contribution in [1.82, 2.24) is 15.0 Å². The van der Waals surface area contributed by atoms with Gasteiger partial charge in [-0.15, -0.1) is 5.10 Å². The maximum atomic E-state index is 5.43. The molecule has 0 aliphatic rings. The van der Waals surface area contributed by atoms with Crippen LogP contribution < -0.4 is 4.74 Å². The van der Waals surface area contributed by atoms with Crippen LogP contribution in [0.15, 0.2) is 24.4 Å². The molecule has 0 radical (unpaired) electrons. The fraction of sp³-hybridized carbons (Fsp3) is 0.467. The van der Waals surface area contributed by atoms with Crippen molar-refractivity contribution in [2.45, 2.75) is 39.7 Å². The molecular formula is C15H21N3O. The van der Waals surface area contributed by atoms with Gasteiger partial charge in [-0.3, -0.25) is 4.68 Å². The van der Waals surface area contributed by atoms with E-state index in [1.54, 1.807) is 7.11 Å². The monoisotopic (exact) mass is 259 g/mol. The number of nitrogens with zero attached hydrogens (tertiary/aromatic N) is 3. The van der Waals surface area contributed by atoms with Gasteiger partial charge in [0.25, 0.3) is 0 Å². The second-order valence-electron chi connectivity index (χ2n) is 4.65. The van der Waals surface area contributed by atoms with E-state index in [0.29, 0.717) is 0 Å². The number of benzene rings is 1. The third-order valence-electron chi connectivity index (χ3n) is 3.07. The molecule has 4 heteroatoms. The molecule has 0 fully saturated rings. The Bertz CT molecular complexity index is 534. The molecule has 0 bridgehead atoms. The minimum atomic E-state index is 0.850. The van der Waals surface area contributed by atoms with Crippen molar-refractivity contribution >= 4 is 0 Å². The summed E-state index contributed by atoms with van der Waals surface area (Å²) in [4.78, 5) is 0. The summed E-state index contributed by atoms with van der Waals surface area (Å²) in [5, 5.41) is 8.39. The molecule has 1 aromatic heterocycles. The molecular weight excluding hydrogens is 238 g/mol. The van der Waals surface area contributed by atoms with Gasteiger partial charge in [0.2, 0.25) is 0 Å². The molecule has 0 aliphatic carbocycles. The first-order chi connectivity index (χ1) is 9.28. The Kier molecular flexibility index (Phi) is 4.55. The van der Waals surface area contributed by atoms with Crippen molar-refractivity contribution in [1.29, 1.82) is 0 Å². The molecule has 0 unspecified atom stereocenters. The number of hydrogen-bond donors (Lipinski definition) is 0. The molecule has 0 atom stereocenters. The van der Waals surface area contributed by atoms with Crippen molar-refractivity contribution in [3.63, 3.8) is 0 Å². The molecule has 0 N–H and O–H groups in total. The van der Waals surface area contributed by atoms with Crippen LogP contribution in [0.3, 0.4) is 0 Å². The summed E-state index contributed by atoms with van der Waals surface area (Å²) in [6.45, 7) is 5.20. The Hall–Kier alpha value is -1.84. The fourth-order valence-electron chi connectivity index (χ4n) is 2.16. The van der Waals surface area contributed by atoms with Crippen LogP contribution >= 0.6 is 0 Å². The van der Waals surface area contributed by atoms with Gasteiger partial charge in [0, 0.05) is 12.1 Å². The van der Waals surface area contributed by atoms with Crippen LogP contribution in [0.25, 0.3) is 11.3 Å². The number of rotatable bonds is 6. The van der Waals surface area contributed by atoms with Crippen molar-refractivity contribution in [3.8, 4) is 17.0 Å². The summed E-state index contributed by atoms with van der Waals surface area (Å²) in [7, 11) is 1.69. The average Bonchev–Trinajstić information content (AvgIpc) is 2.88. The minimum absolute atomic E-state index is 0.850. The van der Waals surface area contributed by atoms with Gasteiger partial charge in [0.15, 0.2) is 0 Å². The maximum absolute atomic E-state index is 5.43. The summed E-state index contributed by atoms with van der Waals surface area (Å²) < 4.78 is 7.30. The summed E-state index contributed by atoms with van der Waals surface area (Å²) in [5.74, 6) is 0.850. The molecule has 0 amide bonds. The van der Waals surface area contributed by atoms with Crippen LogP contribution in [-0.4, -0.2) is 22.1 Å². The van der Waals surface area contributed by atoms with Gasteiger partial charge >= 0.3 is 0 Å². The highest BCUT2D eigenvalue weighted by Crippen LogP contribution is 2.29. The SMILES string of the molecule is CCCc1ccc(OC)c(-c2cn(CCC)nn2)c1. The average molecular weight is 259 g/mol. The van der Waals surface area contributed by atoms with E-state index in [4.69, 9.17) is 4.74 Å². The number of aryl methyl sites for hydroxylation is 2. The van der Waals surface area contributed by atoms with E-state index in [2.05, 4.69) is 36.3 Å². The summed E-state index contributed by atoms with van der Waals surface area (Å²) in [6.07, 6.45) is 5.24. The van der Waals surface area contributed by atoms with Crippen LogP contribution in [0.2, 0.25) is 0 Å². The van der Waals surface area contributed by atoms with Crippen molar-refractivity contribution in [3.05, 3.63) is 30.0 Å². The predicted octanol–water partition coefficient (Wildman–Crippen LogP) is 3.32. The zero-order valence-electron chi connectivity index (χ0n) is 11.9. The van der Waals surface area contributed by atoms with E-state index in [-0.39, 0.29) is 0 Å². The number of aromatic nitrogens is 3. The zero-order chi connectivity index (χ0) is 13.7. The first-order valence-electron chi connectivity index (χ1n) is 6.85. The van der Waals surface area contributed by atoms with E-state index in [9.17, 15) is 0 Å². The summed E-state index contributed by atoms with van der Waals surface area (Å²) in [6, 6.07) is 6.28. The summed E-state index contributed by atoms with van der Waals surface area (Å²) >= 11 is 0. The Balaban J connectivity index is 2.36. The molecule has 102 valence electrons. The van der Waals surface area contributed by atoms with Crippen molar-refractivity contribution in [2.24, 2.45) is 0 Å². The number of methoxy groups -OCH3 is 1. The fourth-order valence-corrected chi connectivity index (χ4v) is 2.16. The molecule has 0 saturated carbocycles. The van der Waals surface area contributed by atoms with Gasteiger partial charge in [0.05, 0.1) is 13.3 Å². The van der Waals surface area contributed by atoms with E-state index in [1.165, 1.54) is 5.56 Å². The van der Waals surface area contributed by atoms with E-state index in [0.717, 1.165) is 42.8 Å². The Morgan fingerprint density at radius 1 is 1.21 bits per heavy atom. The van der Waals surface area contributed by atoms with Gasteiger partial charge in [-0.25, -0.2) is 0 Å². The molecule has 1 heterocycles. The quantitative estimate of drug-likeness (QED) is 0.799. The van der Waals surface area contributed by atoms with Crippen LogP contribution in [0.4, 0.5) is 0 Å². The highest BCUT2D eigenvalue weighted by Gasteiger charge is 2.10. The topological polar surface area (TPSA) is 39.9 Å². The highest BCUT2D eigenvalue weighted by atomic mass is 16.5. The van der Waals surface area contributed by atoms with Crippen LogP contribution in [0.1, 0.15) is 32.3 Å². The lowest BCUT2D eigenvalue weighted by Gasteiger charge is -2.08. The molecule has 0 aliphatic heterocycles. The van der Waals surface area contributed by atoms with E-state index in [1.807, 2.05) is 16.9 Å². The van der Waals surface area contributed by atoms with Crippen LogP contribution in [-0.2, 0) is 13.0 Å². The van der Waals surface area contributed by atoms with E-state index >= 15 is 0 Å². The third-order valence-corrected chi connectivity index (χ3v) is 3.07. The van der Waals surface area contributed by atoms with E-state index < -0.39 is 0 Å². The van der Waals surface area contributed by atoms with Crippen LogP contribution in [0, 0.1) is 0 Å². The van der Waals surface area contributed by atoms with Gasteiger partial charge < -0.3 is 4.74 Å². The molecule has 19 heavy (non-hydrogen) atoms. The Morgan fingerprint density at radius 3 is 2.74 bits per heavy atom. The lowest BCUT2D eigenvalue weighted by Crippen LogP contribution is -1.96. The zero-order valence-corrected chi connectivity index (χ0v) is 11.9. The van der Waals surface area contributed by atoms with Gasteiger partial charge in [0.1, 0.15) is 11.4 Å². The largest absolute Gasteiger partial charge is 0.496 e. The molecule has 2 rings (SSSR count). The van der Waals surface area contributed by atoms with Gasteiger partial charge in [-0.1, -0.05) is 31.5 Å².